The minimum atomic E-state index is -0.264. The van der Waals surface area contributed by atoms with Gasteiger partial charge in [-0.2, -0.15) is 0 Å². The number of carbonyl (C=O) groups excluding carboxylic acids is 1. The van der Waals surface area contributed by atoms with Crippen LogP contribution in [0.2, 0.25) is 0 Å². The zero-order chi connectivity index (χ0) is 16.7. The molecule has 128 valence electrons. The van der Waals surface area contributed by atoms with Gasteiger partial charge in [-0.3, -0.25) is 4.90 Å². The molecule has 2 rings (SSSR count). The van der Waals surface area contributed by atoms with Crippen LogP contribution in [0.3, 0.4) is 0 Å². The maximum Gasteiger partial charge on any atom is 0.410 e. The Morgan fingerprint density at radius 2 is 2.13 bits per heavy atom. The SMILES string of the molecule is CC(C)N(CC1CCCN1CCO)C(=O)OCc1ccccc1. The van der Waals surface area contributed by atoms with Crippen LogP contribution in [0.25, 0.3) is 0 Å². The summed E-state index contributed by atoms with van der Waals surface area (Å²) in [5, 5.41) is 9.16. The normalized spacial score (nSPS) is 18.3. The van der Waals surface area contributed by atoms with Gasteiger partial charge in [-0.1, -0.05) is 30.3 Å². The summed E-state index contributed by atoms with van der Waals surface area (Å²) in [6, 6.07) is 10.1. The maximum absolute atomic E-state index is 12.4. The third kappa shape index (κ3) is 5.22. The molecule has 23 heavy (non-hydrogen) atoms. The molecule has 5 nitrogen and oxygen atoms in total. The van der Waals surface area contributed by atoms with Gasteiger partial charge in [0.15, 0.2) is 0 Å². The smallest absolute Gasteiger partial charge is 0.410 e. The number of ether oxygens (including phenoxy) is 1. The van der Waals surface area contributed by atoms with Crippen LogP contribution in [0.1, 0.15) is 32.3 Å². The van der Waals surface area contributed by atoms with Gasteiger partial charge in [0, 0.05) is 25.2 Å². The van der Waals surface area contributed by atoms with Crippen LogP contribution in [0.5, 0.6) is 0 Å². The van der Waals surface area contributed by atoms with Crippen LogP contribution in [0.15, 0.2) is 30.3 Å². The Morgan fingerprint density at radius 1 is 1.39 bits per heavy atom. The molecule has 1 atom stereocenters. The highest BCUT2D eigenvalue weighted by Gasteiger charge is 2.29. The third-order valence-corrected chi connectivity index (χ3v) is 4.36. The molecule has 1 aliphatic heterocycles. The Balaban J connectivity index is 1.90. The van der Waals surface area contributed by atoms with Crippen LogP contribution < -0.4 is 0 Å². The Kier molecular flexibility index (Phi) is 6.86. The van der Waals surface area contributed by atoms with Gasteiger partial charge in [-0.15, -0.1) is 0 Å². The summed E-state index contributed by atoms with van der Waals surface area (Å²) in [6.45, 7) is 6.81. The molecule has 1 N–H and O–H groups in total. The average Bonchev–Trinajstić information content (AvgIpc) is 2.98. The molecule has 0 bridgehead atoms. The van der Waals surface area contributed by atoms with Crippen molar-refractivity contribution in [2.24, 2.45) is 0 Å². The molecule has 0 spiro atoms. The second kappa shape index (κ2) is 8.89. The number of benzene rings is 1. The minimum Gasteiger partial charge on any atom is -0.445 e. The van der Waals surface area contributed by atoms with Crippen molar-refractivity contribution in [2.45, 2.75) is 45.4 Å². The van der Waals surface area contributed by atoms with E-state index in [1.54, 1.807) is 4.90 Å². The van der Waals surface area contributed by atoms with Gasteiger partial charge < -0.3 is 14.7 Å². The van der Waals surface area contributed by atoms with E-state index in [4.69, 9.17) is 9.84 Å². The summed E-state index contributed by atoms with van der Waals surface area (Å²) in [6.07, 6.45) is 1.92. The number of aliphatic hydroxyl groups is 1. The highest BCUT2D eigenvalue weighted by Crippen LogP contribution is 2.19. The zero-order valence-electron chi connectivity index (χ0n) is 14.1. The zero-order valence-corrected chi connectivity index (χ0v) is 14.1. The Bertz CT molecular complexity index is 478. The first-order chi connectivity index (χ1) is 11.1. The number of likely N-dealkylation sites (tertiary alicyclic amines) is 1. The summed E-state index contributed by atoms with van der Waals surface area (Å²) < 4.78 is 5.48. The average molecular weight is 320 g/mol. The lowest BCUT2D eigenvalue weighted by Crippen LogP contribution is -2.46. The number of hydrogen-bond donors (Lipinski definition) is 1. The molecule has 0 aromatic heterocycles. The summed E-state index contributed by atoms with van der Waals surface area (Å²) in [7, 11) is 0. The van der Waals surface area contributed by atoms with Gasteiger partial charge >= 0.3 is 6.09 Å². The molecule has 1 aromatic rings. The Hall–Kier alpha value is -1.59. The van der Waals surface area contributed by atoms with E-state index in [0.29, 0.717) is 25.7 Å². The molecule has 1 aliphatic rings. The van der Waals surface area contributed by atoms with Crippen molar-refractivity contribution in [1.29, 1.82) is 0 Å². The number of carbonyl (C=O) groups is 1. The first kappa shape index (κ1) is 17.8. The quantitative estimate of drug-likeness (QED) is 0.838. The van der Waals surface area contributed by atoms with Crippen molar-refractivity contribution < 1.29 is 14.6 Å². The molecule has 1 saturated heterocycles. The lowest BCUT2D eigenvalue weighted by Gasteiger charge is -2.32. The number of hydrogen-bond acceptors (Lipinski definition) is 4. The van der Waals surface area contributed by atoms with Crippen molar-refractivity contribution in [1.82, 2.24) is 9.80 Å². The molecule has 5 heteroatoms. The monoisotopic (exact) mass is 320 g/mol. The summed E-state index contributed by atoms with van der Waals surface area (Å²) in [5.41, 5.74) is 0.993. The Morgan fingerprint density at radius 3 is 2.78 bits per heavy atom. The number of nitrogens with zero attached hydrogens (tertiary/aromatic N) is 2. The molecule has 0 radical (unpaired) electrons. The van der Waals surface area contributed by atoms with Crippen molar-refractivity contribution in [3.8, 4) is 0 Å². The minimum absolute atomic E-state index is 0.0925. The van der Waals surface area contributed by atoms with Gasteiger partial charge in [-0.25, -0.2) is 4.79 Å². The topological polar surface area (TPSA) is 53.0 Å². The Labute approximate surface area is 138 Å². The molecule has 1 amide bonds. The van der Waals surface area contributed by atoms with Gasteiger partial charge in [-0.05, 0) is 38.8 Å². The van der Waals surface area contributed by atoms with Crippen LogP contribution in [0.4, 0.5) is 4.79 Å². The standard InChI is InChI=1S/C18H28N2O3/c1-15(2)20(13-17-9-6-10-19(17)11-12-21)18(22)23-14-16-7-4-3-5-8-16/h3-5,7-8,15,17,21H,6,9-14H2,1-2H3. The summed E-state index contributed by atoms with van der Waals surface area (Å²) in [5.74, 6) is 0. The second-order valence-corrected chi connectivity index (χ2v) is 6.34. The van der Waals surface area contributed by atoms with E-state index < -0.39 is 0 Å². The number of β-amino-alcohol motifs (C(OH)–C–C–N with tert-alkyl or cyclic N) is 1. The van der Waals surface area contributed by atoms with Crippen LogP contribution >= 0.6 is 0 Å². The van der Waals surface area contributed by atoms with E-state index in [2.05, 4.69) is 4.90 Å². The molecular weight excluding hydrogens is 292 g/mol. The predicted molar refractivity (Wildman–Crippen MR) is 90.1 cm³/mol. The molecule has 1 fully saturated rings. The van der Waals surface area contributed by atoms with E-state index in [-0.39, 0.29) is 18.7 Å². The molecule has 1 unspecified atom stereocenters. The molecule has 0 aliphatic carbocycles. The number of amides is 1. The predicted octanol–water partition coefficient (Wildman–Crippen LogP) is 2.49. The van der Waals surface area contributed by atoms with Gasteiger partial charge in [0.2, 0.25) is 0 Å². The van der Waals surface area contributed by atoms with E-state index >= 15 is 0 Å². The molecule has 0 saturated carbocycles. The van der Waals surface area contributed by atoms with E-state index in [0.717, 1.165) is 24.9 Å². The highest BCUT2D eigenvalue weighted by atomic mass is 16.6. The third-order valence-electron chi connectivity index (χ3n) is 4.36. The molecular formula is C18H28N2O3. The van der Waals surface area contributed by atoms with E-state index in [9.17, 15) is 4.79 Å². The van der Waals surface area contributed by atoms with Crippen LogP contribution in [-0.2, 0) is 11.3 Å². The molecule has 1 heterocycles. The van der Waals surface area contributed by atoms with Gasteiger partial charge in [0.1, 0.15) is 6.61 Å². The van der Waals surface area contributed by atoms with E-state index in [1.807, 2.05) is 44.2 Å². The largest absolute Gasteiger partial charge is 0.445 e. The van der Waals surface area contributed by atoms with Crippen molar-refractivity contribution in [3.63, 3.8) is 0 Å². The lowest BCUT2D eigenvalue weighted by molar-refractivity contribution is 0.0713. The first-order valence-corrected chi connectivity index (χ1v) is 8.44. The van der Waals surface area contributed by atoms with E-state index in [1.165, 1.54) is 0 Å². The highest BCUT2D eigenvalue weighted by molar-refractivity contribution is 5.68. The summed E-state index contributed by atoms with van der Waals surface area (Å²) in [4.78, 5) is 16.5. The first-order valence-electron chi connectivity index (χ1n) is 8.44. The fourth-order valence-electron chi connectivity index (χ4n) is 3.05. The second-order valence-electron chi connectivity index (χ2n) is 6.34. The molecule has 1 aromatic carbocycles. The van der Waals surface area contributed by atoms with Gasteiger partial charge in [0.05, 0.1) is 6.61 Å². The van der Waals surface area contributed by atoms with Crippen molar-refractivity contribution in [2.75, 3.05) is 26.2 Å². The van der Waals surface area contributed by atoms with Crippen molar-refractivity contribution in [3.05, 3.63) is 35.9 Å². The summed E-state index contributed by atoms with van der Waals surface area (Å²) >= 11 is 0. The lowest BCUT2D eigenvalue weighted by atomic mass is 10.2. The van der Waals surface area contributed by atoms with Crippen LogP contribution in [-0.4, -0.2) is 59.3 Å². The fourth-order valence-corrected chi connectivity index (χ4v) is 3.05. The van der Waals surface area contributed by atoms with Crippen LogP contribution in [0, 0.1) is 0 Å². The number of rotatable bonds is 7. The van der Waals surface area contributed by atoms with Crippen molar-refractivity contribution >= 4 is 6.09 Å². The fraction of sp³-hybridized carbons (Fsp3) is 0.611. The van der Waals surface area contributed by atoms with Gasteiger partial charge in [0.25, 0.3) is 0 Å². The number of aliphatic hydroxyl groups excluding tert-OH is 1. The maximum atomic E-state index is 12.4.